The zero-order valence-corrected chi connectivity index (χ0v) is 7.11. The summed E-state index contributed by atoms with van der Waals surface area (Å²) in [4.78, 5) is 0. The SMILES string of the molecule is c1cc(-n2cnnn2)nnc1[C@H]1CO1. The molecule has 0 unspecified atom stereocenters. The van der Waals surface area contributed by atoms with E-state index in [0.29, 0.717) is 5.82 Å². The third-order valence-corrected chi connectivity index (χ3v) is 1.92. The summed E-state index contributed by atoms with van der Waals surface area (Å²) >= 11 is 0. The number of aromatic nitrogens is 6. The Morgan fingerprint density at radius 2 is 2.29 bits per heavy atom. The molecule has 1 aliphatic rings. The molecule has 1 atom stereocenters. The molecule has 1 aliphatic heterocycles. The molecule has 7 nitrogen and oxygen atoms in total. The average Bonchev–Trinajstić information content (AvgIpc) is 2.94. The van der Waals surface area contributed by atoms with Crippen LogP contribution in [0.3, 0.4) is 0 Å². The van der Waals surface area contributed by atoms with Gasteiger partial charge in [-0.05, 0) is 22.6 Å². The lowest BCUT2D eigenvalue weighted by atomic mass is 10.3. The van der Waals surface area contributed by atoms with E-state index >= 15 is 0 Å². The molecule has 7 heteroatoms. The highest BCUT2D eigenvalue weighted by molar-refractivity contribution is 5.20. The fourth-order valence-electron chi connectivity index (χ4n) is 1.11. The van der Waals surface area contributed by atoms with Gasteiger partial charge in [-0.25, -0.2) is 0 Å². The number of hydrogen-bond donors (Lipinski definition) is 0. The van der Waals surface area contributed by atoms with Crippen LogP contribution >= 0.6 is 0 Å². The van der Waals surface area contributed by atoms with E-state index in [4.69, 9.17) is 4.74 Å². The normalized spacial score (nSPS) is 19.6. The van der Waals surface area contributed by atoms with Gasteiger partial charge in [0, 0.05) is 0 Å². The fourth-order valence-corrected chi connectivity index (χ4v) is 1.11. The smallest absolute Gasteiger partial charge is 0.179 e. The number of rotatable bonds is 2. The van der Waals surface area contributed by atoms with Crippen molar-refractivity contribution in [1.29, 1.82) is 0 Å². The zero-order valence-electron chi connectivity index (χ0n) is 7.11. The molecule has 0 saturated carbocycles. The minimum absolute atomic E-state index is 0.130. The molecule has 0 amide bonds. The third kappa shape index (κ3) is 1.23. The second-order valence-corrected chi connectivity index (χ2v) is 2.89. The summed E-state index contributed by atoms with van der Waals surface area (Å²) in [6.45, 7) is 0.735. The van der Waals surface area contributed by atoms with Crippen molar-refractivity contribution in [1.82, 2.24) is 30.4 Å². The van der Waals surface area contributed by atoms with Crippen molar-refractivity contribution in [2.75, 3.05) is 6.61 Å². The average molecular weight is 190 g/mol. The summed E-state index contributed by atoms with van der Waals surface area (Å²) in [6, 6.07) is 3.67. The predicted molar refractivity (Wildman–Crippen MR) is 43.4 cm³/mol. The molecule has 14 heavy (non-hydrogen) atoms. The predicted octanol–water partition coefficient (Wildman–Crippen LogP) is -0.476. The van der Waals surface area contributed by atoms with E-state index in [1.54, 1.807) is 6.07 Å². The number of hydrogen-bond acceptors (Lipinski definition) is 6. The molecule has 3 heterocycles. The maximum absolute atomic E-state index is 5.08. The quantitative estimate of drug-likeness (QED) is 0.595. The zero-order chi connectivity index (χ0) is 9.38. The number of tetrazole rings is 1. The summed E-state index contributed by atoms with van der Waals surface area (Å²) < 4.78 is 6.52. The molecule has 0 spiro atoms. The second kappa shape index (κ2) is 2.81. The maximum Gasteiger partial charge on any atom is 0.179 e. The van der Waals surface area contributed by atoms with Crippen LogP contribution in [0.1, 0.15) is 11.8 Å². The van der Waals surface area contributed by atoms with Gasteiger partial charge in [0.05, 0.1) is 12.3 Å². The van der Waals surface area contributed by atoms with Crippen LogP contribution in [-0.2, 0) is 4.74 Å². The van der Waals surface area contributed by atoms with Crippen molar-refractivity contribution < 1.29 is 4.74 Å². The van der Waals surface area contributed by atoms with Crippen LogP contribution < -0.4 is 0 Å². The van der Waals surface area contributed by atoms with Crippen molar-refractivity contribution in [2.24, 2.45) is 0 Å². The number of ether oxygens (including phenoxy) is 1. The first-order chi connectivity index (χ1) is 6.93. The highest BCUT2D eigenvalue weighted by atomic mass is 16.6. The van der Waals surface area contributed by atoms with Gasteiger partial charge in [-0.15, -0.1) is 10.2 Å². The van der Waals surface area contributed by atoms with Gasteiger partial charge in [-0.3, -0.25) is 0 Å². The van der Waals surface area contributed by atoms with Gasteiger partial charge in [0.15, 0.2) is 5.82 Å². The molecule has 1 fully saturated rings. The first-order valence-electron chi connectivity index (χ1n) is 4.12. The highest BCUT2D eigenvalue weighted by Crippen LogP contribution is 2.27. The minimum Gasteiger partial charge on any atom is -0.366 e. The third-order valence-electron chi connectivity index (χ3n) is 1.92. The Labute approximate surface area is 78.7 Å². The van der Waals surface area contributed by atoms with Gasteiger partial charge in [-0.1, -0.05) is 0 Å². The van der Waals surface area contributed by atoms with E-state index in [1.807, 2.05) is 6.07 Å². The molecular formula is C7H6N6O. The van der Waals surface area contributed by atoms with Crippen molar-refractivity contribution in [3.05, 3.63) is 24.2 Å². The van der Waals surface area contributed by atoms with Crippen molar-refractivity contribution >= 4 is 0 Å². The Morgan fingerprint density at radius 1 is 1.36 bits per heavy atom. The van der Waals surface area contributed by atoms with Gasteiger partial charge in [0.25, 0.3) is 0 Å². The van der Waals surface area contributed by atoms with Gasteiger partial charge in [0.1, 0.15) is 12.4 Å². The van der Waals surface area contributed by atoms with E-state index in [-0.39, 0.29) is 6.10 Å². The van der Waals surface area contributed by atoms with Crippen molar-refractivity contribution in [3.8, 4) is 5.82 Å². The van der Waals surface area contributed by atoms with Crippen LogP contribution in [0, 0.1) is 0 Å². The van der Waals surface area contributed by atoms with Crippen LogP contribution in [0.15, 0.2) is 18.5 Å². The number of nitrogens with zero attached hydrogens (tertiary/aromatic N) is 6. The largest absolute Gasteiger partial charge is 0.366 e. The molecule has 2 aromatic rings. The summed E-state index contributed by atoms with van der Waals surface area (Å²) in [5.41, 5.74) is 0.849. The number of epoxide rings is 1. The van der Waals surface area contributed by atoms with Crippen LogP contribution in [0.25, 0.3) is 5.82 Å². The Hall–Kier alpha value is -1.89. The van der Waals surface area contributed by atoms with E-state index in [9.17, 15) is 0 Å². The van der Waals surface area contributed by atoms with Gasteiger partial charge < -0.3 is 4.74 Å². The molecular weight excluding hydrogens is 184 g/mol. The maximum atomic E-state index is 5.08. The lowest BCUT2D eigenvalue weighted by Gasteiger charge is -1.97. The van der Waals surface area contributed by atoms with Gasteiger partial charge in [-0.2, -0.15) is 9.78 Å². The topological polar surface area (TPSA) is 81.9 Å². The molecule has 0 bridgehead atoms. The second-order valence-electron chi connectivity index (χ2n) is 2.89. The van der Waals surface area contributed by atoms with Crippen LogP contribution in [-0.4, -0.2) is 37.0 Å². The summed E-state index contributed by atoms with van der Waals surface area (Å²) in [5.74, 6) is 0.597. The van der Waals surface area contributed by atoms with Crippen LogP contribution in [0.2, 0.25) is 0 Å². The van der Waals surface area contributed by atoms with Gasteiger partial charge >= 0.3 is 0 Å². The first-order valence-corrected chi connectivity index (χ1v) is 4.12. The molecule has 0 radical (unpaired) electrons. The standard InChI is InChI=1S/C7H6N6O/c1-2-7(13-4-8-11-12-13)10-9-5(1)6-3-14-6/h1-2,4,6H,3H2/t6-/m1/s1. The van der Waals surface area contributed by atoms with Crippen LogP contribution in [0.4, 0.5) is 0 Å². The van der Waals surface area contributed by atoms with E-state index in [0.717, 1.165) is 12.3 Å². The van der Waals surface area contributed by atoms with E-state index in [2.05, 4.69) is 25.7 Å². The minimum atomic E-state index is 0.130. The molecule has 2 aromatic heterocycles. The van der Waals surface area contributed by atoms with E-state index in [1.165, 1.54) is 11.0 Å². The monoisotopic (exact) mass is 190 g/mol. The Kier molecular flexibility index (Phi) is 1.51. The molecule has 3 rings (SSSR count). The summed E-state index contributed by atoms with van der Waals surface area (Å²) in [5, 5.41) is 18.7. The Morgan fingerprint density at radius 3 is 2.86 bits per heavy atom. The van der Waals surface area contributed by atoms with Crippen LogP contribution in [0.5, 0.6) is 0 Å². The fraction of sp³-hybridized carbons (Fsp3) is 0.286. The Bertz CT molecular complexity index is 420. The summed E-state index contributed by atoms with van der Waals surface area (Å²) in [7, 11) is 0. The molecule has 1 saturated heterocycles. The van der Waals surface area contributed by atoms with Crippen molar-refractivity contribution in [2.45, 2.75) is 6.10 Å². The first kappa shape index (κ1) is 7.51. The van der Waals surface area contributed by atoms with Crippen molar-refractivity contribution in [3.63, 3.8) is 0 Å². The Balaban J connectivity index is 1.93. The van der Waals surface area contributed by atoms with E-state index < -0.39 is 0 Å². The highest BCUT2D eigenvalue weighted by Gasteiger charge is 2.26. The lowest BCUT2D eigenvalue weighted by molar-refractivity contribution is 0.409. The molecule has 70 valence electrons. The summed E-state index contributed by atoms with van der Waals surface area (Å²) in [6.07, 6.45) is 1.60. The molecule has 0 aromatic carbocycles. The lowest BCUT2D eigenvalue weighted by Crippen LogP contribution is -2.01. The van der Waals surface area contributed by atoms with Gasteiger partial charge in [0.2, 0.25) is 0 Å². The molecule has 0 N–H and O–H groups in total. The molecule has 0 aliphatic carbocycles.